The van der Waals surface area contributed by atoms with E-state index in [9.17, 15) is 8.42 Å². The SMILES string of the molecule is Cc1ccc(S(=O)(=O)CC(CBr)c2ccccc2)cc1. The van der Waals surface area contributed by atoms with Crippen LogP contribution in [0.15, 0.2) is 59.5 Å². The van der Waals surface area contributed by atoms with Gasteiger partial charge >= 0.3 is 0 Å². The van der Waals surface area contributed by atoms with Crippen LogP contribution in [-0.4, -0.2) is 19.5 Å². The van der Waals surface area contributed by atoms with Gasteiger partial charge in [-0.2, -0.15) is 0 Å². The van der Waals surface area contributed by atoms with Crippen molar-refractivity contribution in [1.29, 1.82) is 0 Å². The Morgan fingerprint density at radius 2 is 1.60 bits per heavy atom. The third-order valence-electron chi connectivity index (χ3n) is 3.26. The van der Waals surface area contributed by atoms with Crippen LogP contribution in [0.1, 0.15) is 17.0 Å². The molecule has 4 heteroatoms. The summed E-state index contributed by atoms with van der Waals surface area (Å²) in [6.07, 6.45) is 0. The van der Waals surface area contributed by atoms with Gasteiger partial charge in [0.1, 0.15) is 0 Å². The molecule has 1 unspecified atom stereocenters. The summed E-state index contributed by atoms with van der Waals surface area (Å²) < 4.78 is 24.9. The number of aryl methyl sites for hydroxylation is 1. The number of alkyl halides is 1. The van der Waals surface area contributed by atoms with E-state index >= 15 is 0 Å². The Morgan fingerprint density at radius 3 is 2.15 bits per heavy atom. The molecule has 0 N–H and O–H groups in total. The second-order valence-corrected chi connectivity index (χ2v) is 7.54. The van der Waals surface area contributed by atoms with Gasteiger partial charge in [-0.15, -0.1) is 0 Å². The Balaban J connectivity index is 2.24. The summed E-state index contributed by atoms with van der Waals surface area (Å²) in [5.41, 5.74) is 2.10. The van der Waals surface area contributed by atoms with Gasteiger partial charge in [-0.3, -0.25) is 0 Å². The number of rotatable bonds is 5. The zero-order chi connectivity index (χ0) is 14.6. The first-order chi connectivity index (χ1) is 9.53. The normalized spacial score (nSPS) is 13.1. The molecule has 2 nitrogen and oxygen atoms in total. The quantitative estimate of drug-likeness (QED) is 0.763. The maximum atomic E-state index is 12.5. The van der Waals surface area contributed by atoms with Crippen molar-refractivity contribution >= 4 is 25.8 Å². The molecular weight excluding hydrogens is 336 g/mol. The van der Waals surface area contributed by atoms with Crippen LogP contribution in [0.5, 0.6) is 0 Å². The average molecular weight is 353 g/mol. The number of benzene rings is 2. The number of sulfone groups is 1. The lowest BCUT2D eigenvalue weighted by Crippen LogP contribution is -2.16. The fourth-order valence-corrected chi connectivity index (χ4v) is 4.55. The Morgan fingerprint density at radius 1 is 1.00 bits per heavy atom. The largest absolute Gasteiger partial charge is 0.224 e. The maximum absolute atomic E-state index is 12.5. The first-order valence-corrected chi connectivity index (χ1v) is 9.20. The number of halogens is 1. The smallest absolute Gasteiger partial charge is 0.179 e. The van der Waals surface area contributed by atoms with Gasteiger partial charge in [0.05, 0.1) is 10.6 Å². The van der Waals surface area contributed by atoms with Gasteiger partial charge in [-0.1, -0.05) is 64.0 Å². The summed E-state index contributed by atoms with van der Waals surface area (Å²) in [7, 11) is -3.27. The zero-order valence-electron chi connectivity index (χ0n) is 11.3. The van der Waals surface area contributed by atoms with E-state index in [2.05, 4.69) is 15.9 Å². The fourth-order valence-electron chi connectivity index (χ4n) is 2.06. The van der Waals surface area contributed by atoms with E-state index in [4.69, 9.17) is 0 Å². The molecule has 0 amide bonds. The first-order valence-electron chi connectivity index (χ1n) is 6.43. The molecule has 106 valence electrons. The summed E-state index contributed by atoms with van der Waals surface area (Å²) in [5, 5.41) is 0.627. The molecule has 1 atom stereocenters. The molecule has 0 aliphatic carbocycles. The van der Waals surface area contributed by atoms with Gasteiger partial charge < -0.3 is 0 Å². The molecule has 2 aromatic carbocycles. The highest BCUT2D eigenvalue weighted by Crippen LogP contribution is 2.23. The van der Waals surface area contributed by atoms with Crippen LogP contribution < -0.4 is 0 Å². The molecular formula is C16H17BrO2S. The molecule has 0 aliphatic heterocycles. The standard InChI is InChI=1S/C16H17BrO2S/c1-13-7-9-16(10-8-13)20(18,19)12-15(11-17)14-5-3-2-4-6-14/h2-10,15H,11-12H2,1H3. The average Bonchev–Trinajstić information content (AvgIpc) is 2.46. The van der Waals surface area contributed by atoms with Crippen molar-refractivity contribution in [3.8, 4) is 0 Å². The second kappa shape index (κ2) is 6.55. The molecule has 0 saturated carbocycles. The minimum Gasteiger partial charge on any atom is -0.224 e. The van der Waals surface area contributed by atoms with Crippen molar-refractivity contribution < 1.29 is 8.42 Å². The molecule has 0 aromatic heterocycles. The second-order valence-electron chi connectivity index (χ2n) is 4.86. The highest BCUT2D eigenvalue weighted by Gasteiger charge is 2.21. The van der Waals surface area contributed by atoms with Crippen molar-refractivity contribution in [3.63, 3.8) is 0 Å². The minimum atomic E-state index is -3.27. The van der Waals surface area contributed by atoms with Crippen LogP contribution in [0.4, 0.5) is 0 Å². The highest BCUT2D eigenvalue weighted by atomic mass is 79.9. The lowest BCUT2D eigenvalue weighted by Gasteiger charge is -2.15. The monoisotopic (exact) mass is 352 g/mol. The predicted octanol–water partition coefficient (Wildman–Crippen LogP) is 3.95. The van der Waals surface area contributed by atoms with E-state index in [1.54, 1.807) is 12.1 Å². The zero-order valence-corrected chi connectivity index (χ0v) is 13.7. The molecule has 0 heterocycles. The van der Waals surface area contributed by atoms with Crippen molar-refractivity contribution in [2.45, 2.75) is 17.7 Å². The van der Waals surface area contributed by atoms with E-state index < -0.39 is 9.84 Å². The van der Waals surface area contributed by atoms with Gasteiger partial charge in [0.2, 0.25) is 0 Å². The third kappa shape index (κ3) is 3.70. The van der Waals surface area contributed by atoms with Crippen LogP contribution in [0.2, 0.25) is 0 Å². The summed E-state index contributed by atoms with van der Waals surface area (Å²) in [6, 6.07) is 16.8. The lowest BCUT2D eigenvalue weighted by molar-refractivity contribution is 0.591. The van der Waals surface area contributed by atoms with Gasteiger partial charge in [0.25, 0.3) is 0 Å². The van der Waals surface area contributed by atoms with Crippen molar-refractivity contribution in [3.05, 3.63) is 65.7 Å². The van der Waals surface area contributed by atoms with Gasteiger partial charge in [0, 0.05) is 11.2 Å². The lowest BCUT2D eigenvalue weighted by atomic mass is 10.0. The molecule has 2 aromatic rings. The van der Waals surface area contributed by atoms with Crippen LogP contribution in [-0.2, 0) is 9.84 Å². The van der Waals surface area contributed by atoms with Crippen LogP contribution >= 0.6 is 15.9 Å². The molecule has 0 radical (unpaired) electrons. The summed E-state index contributed by atoms with van der Waals surface area (Å²) >= 11 is 3.42. The maximum Gasteiger partial charge on any atom is 0.179 e. The van der Waals surface area contributed by atoms with Gasteiger partial charge in [-0.05, 0) is 24.6 Å². The Hall–Kier alpha value is -1.13. The van der Waals surface area contributed by atoms with Crippen LogP contribution in [0, 0.1) is 6.92 Å². The van der Waals surface area contributed by atoms with Crippen LogP contribution in [0.3, 0.4) is 0 Å². The Labute approximate surface area is 128 Å². The van der Waals surface area contributed by atoms with E-state index in [0.29, 0.717) is 10.2 Å². The van der Waals surface area contributed by atoms with Crippen molar-refractivity contribution in [2.24, 2.45) is 0 Å². The summed E-state index contributed by atoms with van der Waals surface area (Å²) in [4.78, 5) is 0.394. The van der Waals surface area contributed by atoms with Gasteiger partial charge in [0.15, 0.2) is 9.84 Å². The van der Waals surface area contributed by atoms with Crippen molar-refractivity contribution in [1.82, 2.24) is 0 Å². The van der Waals surface area contributed by atoms with Gasteiger partial charge in [-0.25, -0.2) is 8.42 Å². The highest BCUT2D eigenvalue weighted by molar-refractivity contribution is 9.09. The predicted molar refractivity (Wildman–Crippen MR) is 86.2 cm³/mol. The van der Waals surface area contributed by atoms with Crippen molar-refractivity contribution in [2.75, 3.05) is 11.1 Å². The first kappa shape index (κ1) is 15.3. The molecule has 0 fully saturated rings. The minimum absolute atomic E-state index is 0.0393. The summed E-state index contributed by atoms with van der Waals surface area (Å²) in [5.74, 6) is 0.0770. The fraction of sp³-hybridized carbons (Fsp3) is 0.250. The number of hydrogen-bond donors (Lipinski definition) is 0. The van der Waals surface area contributed by atoms with E-state index in [-0.39, 0.29) is 11.7 Å². The van der Waals surface area contributed by atoms with E-state index in [1.807, 2.05) is 49.4 Å². The Bertz CT molecular complexity index is 649. The Kier molecular flexibility index (Phi) is 5.00. The molecule has 20 heavy (non-hydrogen) atoms. The third-order valence-corrected chi connectivity index (χ3v) is 5.87. The van der Waals surface area contributed by atoms with E-state index in [1.165, 1.54) is 0 Å². The van der Waals surface area contributed by atoms with Crippen LogP contribution in [0.25, 0.3) is 0 Å². The molecule has 0 saturated heterocycles. The molecule has 2 rings (SSSR count). The van der Waals surface area contributed by atoms with E-state index in [0.717, 1.165) is 11.1 Å². The number of hydrogen-bond acceptors (Lipinski definition) is 2. The molecule has 0 aliphatic rings. The summed E-state index contributed by atoms with van der Waals surface area (Å²) in [6.45, 7) is 1.95. The molecule has 0 bridgehead atoms. The molecule has 0 spiro atoms. The topological polar surface area (TPSA) is 34.1 Å².